The molecule has 0 unspecified atom stereocenters. The number of sulfone groups is 1. The maximum Gasteiger partial charge on any atom is 0.189 e. The van der Waals surface area contributed by atoms with Crippen LogP contribution < -0.4 is 10.6 Å². The Labute approximate surface area is 77.4 Å². The molecule has 0 saturated carbocycles. The van der Waals surface area contributed by atoms with Crippen LogP contribution in [-0.2, 0) is 9.84 Å². The molecule has 1 fully saturated rings. The Bertz CT molecular complexity index is 356. The summed E-state index contributed by atoms with van der Waals surface area (Å²) in [4.78, 5) is -0.216. The van der Waals surface area contributed by atoms with Crippen molar-refractivity contribution < 1.29 is 8.42 Å². The number of rotatable bonds is 1. The second kappa shape index (κ2) is 3.66. The van der Waals surface area contributed by atoms with Gasteiger partial charge in [-0.25, -0.2) is 8.42 Å². The Hall–Kier alpha value is -1.22. The van der Waals surface area contributed by atoms with Crippen LogP contribution in [0.3, 0.4) is 0 Å². The molecule has 1 aliphatic heterocycles. The van der Waals surface area contributed by atoms with Crippen molar-refractivity contribution in [3.05, 3.63) is 10.7 Å². The second-order valence-corrected chi connectivity index (χ2v) is 4.75. The molecule has 13 heavy (non-hydrogen) atoms. The summed E-state index contributed by atoms with van der Waals surface area (Å²) in [6.45, 7) is 1.39. The first-order valence-electron chi connectivity index (χ1n) is 3.88. The van der Waals surface area contributed by atoms with Gasteiger partial charge in [0.2, 0.25) is 0 Å². The molecule has 0 amide bonds. The van der Waals surface area contributed by atoms with Crippen molar-refractivity contribution in [3.8, 4) is 6.07 Å². The van der Waals surface area contributed by atoms with Crippen LogP contribution >= 0.6 is 0 Å². The van der Waals surface area contributed by atoms with E-state index in [9.17, 15) is 8.42 Å². The van der Waals surface area contributed by atoms with Crippen LogP contribution in [-0.4, -0.2) is 27.8 Å². The summed E-state index contributed by atoms with van der Waals surface area (Å²) in [5.41, 5.74) is 0. The van der Waals surface area contributed by atoms with Crippen molar-refractivity contribution in [1.82, 2.24) is 10.6 Å². The van der Waals surface area contributed by atoms with Gasteiger partial charge in [-0.1, -0.05) is 0 Å². The highest BCUT2D eigenvalue weighted by molar-refractivity contribution is 7.94. The molecule has 2 N–H and O–H groups in total. The van der Waals surface area contributed by atoms with E-state index in [0.29, 0.717) is 18.9 Å². The molecular weight excluding hydrogens is 190 g/mol. The number of nitrogens with one attached hydrogen (secondary N) is 2. The van der Waals surface area contributed by atoms with E-state index in [4.69, 9.17) is 5.26 Å². The van der Waals surface area contributed by atoms with E-state index in [2.05, 4.69) is 10.6 Å². The van der Waals surface area contributed by atoms with E-state index < -0.39 is 9.84 Å². The summed E-state index contributed by atoms with van der Waals surface area (Å²) in [7, 11) is -3.42. The SMILES string of the molecule is CS(=O)(=O)C(C#N)=C1NCCCN1. The molecule has 0 bridgehead atoms. The summed E-state index contributed by atoms with van der Waals surface area (Å²) < 4.78 is 22.2. The lowest BCUT2D eigenvalue weighted by molar-refractivity contribution is 0.567. The van der Waals surface area contributed by atoms with Crippen molar-refractivity contribution in [3.63, 3.8) is 0 Å². The van der Waals surface area contributed by atoms with Crippen LogP contribution in [0.15, 0.2) is 10.7 Å². The zero-order chi connectivity index (χ0) is 9.90. The van der Waals surface area contributed by atoms with Gasteiger partial charge in [0.25, 0.3) is 0 Å². The largest absolute Gasteiger partial charge is 0.370 e. The Morgan fingerprint density at radius 1 is 1.46 bits per heavy atom. The molecule has 0 aromatic heterocycles. The normalized spacial score (nSPS) is 16.8. The van der Waals surface area contributed by atoms with Crippen LogP contribution in [0.1, 0.15) is 6.42 Å². The summed E-state index contributed by atoms with van der Waals surface area (Å²) in [6, 6.07) is 1.68. The van der Waals surface area contributed by atoms with Crippen LogP contribution in [0.25, 0.3) is 0 Å². The highest BCUT2D eigenvalue weighted by Gasteiger charge is 2.18. The Morgan fingerprint density at radius 3 is 2.38 bits per heavy atom. The molecule has 0 spiro atoms. The monoisotopic (exact) mass is 201 g/mol. The zero-order valence-electron chi connectivity index (χ0n) is 7.29. The maximum absolute atomic E-state index is 11.1. The predicted octanol–water partition coefficient (Wildman–Crippen LogP) is -0.693. The summed E-state index contributed by atoms with van der Waals surface area (Å²) >= 11 is 0. The van der Waals surface area contributed by atoms with Gasteiger partial charge in [0.05, 0.1) is 0 Å². The quantitative estimate of drug-likeness (QED) is 0.549. The fraction of sp³-hybridized carbons (Fsp3) is 0.571. The molecule has 0 aromatic rings. The van der Waals surface area contributed by atoms with Gasteiger partial charge >= 0.3 is 0 Å². The molecule has 0 radical (unpaired) electrons. The van der Waals surface area contributed by atoms with Crippen LogP contribution in [0.4, 0.5) is 0 Å². The topological polar surface area (TPSA) is 82.0 Å². The van der Waals surface area contributed by atoms with Gasteiger partial charge in [-0.2, -0.15) is 5.26 Å². The first-order chi connectivity index (χ1) is 6.05. The van der Waals surface area contributed by atoms with E-state index in [1.54, 1.807) is 6.07 Å². The van der Waals surface area contributed by atoms with Crippen LogP contribution in [0.2, 0.25) is 0 Å². The van der Waals surface area contributed by atoms with Crippen molar-refractivity contribution in [2.45, 2.75) is 6.42 Å². The molecule has 5 nitrogen and oxygen atoms in total. The summed E-state index contributed by atoms with van der Waals surface area (Å²) in [6.07, 6.45) is 1.95. The lowest BCUT2D eigenvalue weighted by Gasteiger charge is -2.19. The molecule has 0 aromatic carbocycles. The van der Waals surface area contributed by atoms with Gasteiger partial charge in [0, 0.05) is 19.3 Å². The summed E-state index contributed by atoms with van der Waals surface area (Å²) in [5, 5.41) is 14.3. The minimum absolute atomic E-state index is 0.216. The van der Waals surface area contributed by atoms with Gasteiger partial charge in [0.1, 0.15) is 11.9 Å². The molecule has 1 heterocycles. The van der Waals surface area contributed by atoms with Crippen LogP contribution in [0.5, 0.6) is 0 Å². The van der Waals surface area contributed by atoms with Crippen molar-refractivity contribution in [2.75, 3.05) is 19.3 Å². The lowest BCUT2D eigenvalue weighted by Crippen LogP contribution is -2.37. The summed E-state index contributed by atoms with van der Waals surface area (Å²) in [5.74, 6) is 0.330. The number of hydrogen-bond donors (Lipinski definition) is 2. The smallest absolute Gasteiger partial charge is 0.189 e. The van der Waals surface area contributed by atoms with E-state index in [0.717, 1.165) is 12.7 Å². The Balaban J connectivity index is 3.05. The average Bonchev–Trinajstić information content (AvgIpc) is 2.05. The molecule has 1 aliphatic rings. The highest BCUT2D eigenvalue weighted by atomic mass is 32.2. The molecule has 0 atom stereocenters. The van der Waals surface area contributed by atoms with Gasteiger partial charge < -0.3 is 10.6 Å². The highest BCUT2D eigenvalue weighted by Crippen LogP contribution is 2.07. The standard InChI is InChI=1S/C7H11N3O2S/c1-13(11,12)6(5-8)7-9-3-2-4-10-7/h9-10H,2-4H2,1H3. The number of nitriles is 1. The van der Waals surface area contributed by atoms with Gasteiger partial charge in [-0.05, 0) is 6.42 Å². The number of hydrogen-bond acceptors (Lipinski definition) is 5. The predicted molar refractivity (Wildman–Crippen MR) is 48.1 cm³/mol. The maximum atomic E-state index is 11.1. The van der Waals surface area contributed by atoms with E-state index in [-0.39, 0.29) is 4.91 Å². The lowest BCUT2D eigenvalue weighted by atomic mass is 10.3. The average molecular weight is 201 g/mol. The molecule has 6 heteroatoms. The van der Waals surface area contributed by atoms with E-state index in [1.807, 2.05) is 0 Å². The second-order valence-electron chi connectivity index (χ2n) is 2.80. The van der Waals surface area contributed by atoms with Gasteiger partial charge in [-0.15, -0.1) is 0 Å². The fourth-order valence-electron chi connectivity index (χ4n) is 1.06. The third-order valence-corrected chi connectivity index (χ3v) is 2.69. The van der Waals surface area contributed by atoms with Crippen LogP contribution in [0, 0.1) is 11.3 Å². The minimum Gasteiger partial charge on any atom is -0.370 e. The number of nitrogens with zero attached hydrogens (tertiary/aromatic N) is 1. The third kappa shape index (κ3) is 2.36. The third-order valence-electron chi connectivity index (χ3n) is 1.66. The first-order valence-corrected chi connectivity index (χ1v) is 5.77. The molecule has 72 valence electrons. The van der Waals surface area contributed by atoms with Crippen molar-refractivity contribution in [2.24, 2.45) is 0 Å². The van der Waals surface area contributed by atoms with Gasteiger partial charge in [0.15, 0.2) is 14.7 Å². The Morgan fingerprint density at radius 2 is 2.00 bits per heavy atom. The molecule has 1 rings (SSSR count). The van der Waals surface area contributed by atoms with Crippen molar-refractivity contribution in [1.29, 1.82) is 5.26 Å². The first kappa shape index (κ1) is 9.86. The zero-order valence-corrected chi connectivity index (χ0v) is 8.11. The van der Waals surface area contributed by atoms with E-state index >= 15 is 0 Å². The molecule has 0 aliphatic carbocycles. The fourth-order valence-corrected chi connectivity index (χ4v) is 1.74. The minimum atomic E-state index is -3.42. The molecular formula is C7H11N3O2S. The van der Waals surface area contributed by atoms with Gasteiger partial charge in [-0.3, -0.25) is 0 Å². The molecule has 1 saturated heterocycles. The van der Waals surface area contributed by atoms with Crippen molar-refractivity contribution >= 4 is 9.84 Å². The van der Waals surface area contributed by atoms with E-state index in [1.165, 1.54) is 0 Å². The number of allylic oxidation sites excluding steroid dienone is 1. The Kier molecular flexibility index (Phi) is 2.78.